The van der Waals surface area contributed by atoms with E-state index in [9.17, 15) is 24.6 Å². The number of aliphatic hydroxyl groups excluding tert-OH is 2. The molecule has 376 valence electrons. The molecule has 0 bridgehead atoms. The van der Waals surface area contributed by atoms with Crippen LogP contribution in [0.15, 0.2) is 122 Å². The molecule has 0 fully saturated rings. The molecule has 6 rings (SSSR count). The van der Waals surface area contributed by atoms with Crippen LogP contribution in [0.2, 0.25) is 19.6 Å². The number of aliphatic hydroxyl groups is 2. The summed E-state index contributed by atoms with van der Waals surface area (Å²) in [5.74, 6) is -0.175. The van der Waals surface area contributed by atoms with Gasteiger partial charge in [-0.2, -0.15) is 11.1 Å². The van der Waals surface area contributed by atoms with Crippen LogP contribution in [0.4, 0.5) is 4.79 Å². The Labute approximate surface area is 419 Å². The third kappa shape index (κ3) is 20.2. The second kappa shape index (κ2) is 26.9. The van der Waals surface area contributed by atoms with Gasteiger partial charge in [0.2, 0.25) is 0 Å². The highest BCUT2D eigenvalue weighted by atomic mass is 35.6. The molecule has 4 aromatic carbocycles. The molecule has 0 aliphatic heterocycles. The molecule has 16 heteroatoms. The number of nitrogens with two attached hydrogens (primary N) is 1. The lowest BCUT2D eigenvalue weighted by Gasteiger charge is -2.31. The number of hydrogen-bond acceptors (Lipinski definition) is 11. The van der Waals surface area contributed by atoms with Gasteiger partial charge in [-0.25, -0.2) is 14.8 Å². The van der Waals surface area contributed by atoms with E-state index in [4.69, 9.17) is 21.5 Å². The van der Waals surface area contributed by atoms with Gasteiger partial charge >= 0.3 is 6.09 Å². The number of nitrogens with zero attached hydrogens (tertiary/aromatic N) is 6. The van der Waals surface area contributed by atoms with Crippen molar-refractivity contribution in [1.82, 2.24) is 35.1 Å². The minimum atomic E-state index is -1.14. The summed E-state index contributed by atoms with van der Waals surface area (Å²) in [6.45, 7) is 20.8. The smallest absolute Gasteiger partial charge is 0.407 e. The Morgan fingerprint density at radius 2 is 1.00 bits per heavy atom. The summed E-state index contributed by atoms with van der Waals surface area (Å²) < 4.78 is 5.42. The second-order valence-corrected chi connectivity index (χ2v) is 27.7. The number of rotatable bonds is 17. The maximum absolute atomic E-state index is 13.5. The molecule has 0 saturated heterocycles. The number of amides is 3. The van der Waals surface area contributed by atoms with Crippen LogP contribution in [0, 0.1) is 11.8 Å². The van der Waals surface area contributed by atoms with Gasteiger partial charge in [-0.1, -0.05) is 132 Å². The summed E-state index contributed by atoms with van der Waals surface area (Å²) >= 11 is 5.67. The van der Waals surface area contributed by atoms with Gasteiger partial charge in [0, 0.05) is 32.2 Å². The summed E-state index contributed by atoms with van der Waals surface area (Å²) in [5.41, 5.74) is 10.8. The van der Waals surface area contributed by atoms with Gasteiger partial charge in [0.05, 0.1) is 52.7 Å². The molecular weight excluding hydrogens is 920 g/mol. The molecule has 4 atom stereocenters. The summed E-state index contributed by atoms with van der Waals surface area (Å²) in [6.07, 6.45) is 1.37. The van der Waals surface area contributed by atoms with Crippen molar-refractivity contribution >= 4 is 58.4 Å². The van der Waals surface area contributed by atoms with Crippen molar-refractivity contribution in [2.45, 2.75) is 111 Å². The molecule has 0 aliphatic rings. The lowest BCUT2D eigenvalue weighted by molar-refractivity contribution is 0.0338. The average Bonchev–Trinajstić information content (AvgIpc) is 3.29. The SMILES string of the molecule is CC(C)CN(C[C@@H](O)[C@@H](N)Cc1ccccc1)C(=O)c1cnc2ccccc2n1.CC(C)CN(C[C@@H](O)[C@H](Cc1ccccc1)NC(=O)OC(C)(C)C)C(=O)c1cnc2ccccc2n1.C[Si](C)(C)Cl. The van der Waals surface area contributed by atoms with Crippen LogP contribution >= 0.6 is 11.1 Å². The molecule has 3 amide bonds. The van der Waals surface area contributed by atoms with Crippen molar-refractivity contribution in [3.63, 3.8) is 0 Å². The maximum atomic E-state index is 13.5. The zero-order chi connectivity index (χ0) is 51.6. The van der Waals surface area contributed by atoms with E-state index in [2.05, 4.69) is 44.9 Å². The Morgan fingerprint density at radius 1 is 0.629 bits per heavy atom. The summed E-state index contributed by atoms with van der Waals surface area (Å²) in [5, 5.41) is 24.7. The summed E-state index contributed by atoms with van der Waals surface area (Å²) in [4.78, 5) is 60.0. The zero-order valence-corrected chi connectivity index (χ0v) is 44.2. The first kappa shape index (κ1) is 56.7. The average molecular weight is 994 g/mol. The lowest BCUT2D eigenvalue weighted by Crippen LogP contribution is -2.52. The minimum Gasteiger partial charge on any atom is -0.444 e. The molecular formula is C54H73ClN8O6Si. The van der Waals surface area contributed by atoms with Crippen molar-refractivity contribution in [2.75, 3.05) is 26.2 Å². The van der Waals surface area contributed by atoms with E-state index in [0.717, 1.165) is 16.6 Å². The van der Waals surface area contributed by atoms with Crippen molar-refractivity contribution in [3.05, 3.63) is 144 Å². The van der Waals surface area contributed by atoms with Crippen LogP contribution in [0.1, 0.15) is 80.6 Å². The van der Waals surface area contributed by atoms with E-state index in [1.807, 2.05) is 131 Å². The van der Waals surface area contributed by atoms with Gasteiger partial charge in [0.25, 0.3) is 11.8 Å². The number of para-hydroxylation sites is 4. The highest BCUT2D eigenvalue weighted by molar-refractivity contribution is 7.18. The molecule has 0 spiro atoms. The number of aromatic nitrogens is 4. The van der Waals surface area contributed by atoms with E-state index in [-0.39, 0.29) is 48.1 Å². The van der Waals surface area contributed by atoms with E-state index in [1.54, 1.807) is 36.6 Å². The monoisotopic (exact) mass is 993 g/mol. The fraction of sp³-hybridized carbons (Fsp3) is 0.426. The van der Waals surface area contributed by atoms with Gasteiger partial charge in [0.15, 0.2) is 0 Å². The Balaban J connectivity index is 0.000000283. The number of carbonyl (C=O) groups is 3. The molecule has 2 heterocycles. The van der Waals surface area contributed by atoms with Gasteiger partial charge in [-0.05, 0) is 80.8 Å². The number of fused-ring (bicyclic) bond motifs is 2. The molecule has 5 N–H and O–H groups in total. The van der Waals surface area contributed by atoms with E-state index in [0.29, 0.717) is 42.5 Å². The predicted molar refractivity (Wildman–Crippen MR) is 283 cm³/mol. The molecule has 0 unspecified atom stereocenters. The maximum Gasteiger partial charge on any atom is 0.407 e. The van der Waals surface area contributed by atoms with Crippen LogP contribution < -0.4 is 11.1 Å². The lowest BCUT2D eigenvalue weighted by atomic mass is 10.0. The molecule has 0 radical (unpaired) electrons. The van der Waals surface area contributed by atoms with Crippen molar-refractivity contribution in [2.24, 2.45) is 17.6 Å². The highest BCUT2D eigenvalue weighted by Gasteiger charge is 2.30. The molecule has 6 aromatic rings. The third-order valence-corrected chi connectivity index (χ3v) is 10.2. The molecule has 0 saturated carbocycles. The number of nitrogens with one attached hydrogen (secondary N) is 1. The number of alkyl carbamates (subject to hydrolysis) is 1. The van der Waals surface area contributed by atoms with Crippen molar-refractivity contribution < 1.29 is 29.3 Å². The third-order valence-electron chi connectivity index (χ3n) is 10.2. The number of hydrogen-bond donors (Lipinski definition) is 4. The quantitative estimate of drug-likeness (QED) is 0.0503. The fourth-order valence-electron chi connectivity index (χ4n) is 7.15. The first-order valence-corrected chi connectivity index (χ1v) is 28.4. The molecule has 14 nitrogen and oxygen atoms in total. The topological polar surface area (TPSA) is 197 Å². The largest absolute Gasteiger partial charge is 0.444 e. The Morgan fingerprint density at radius 3 is 1.40 bits per heavy atom. The van der Waals surface area contributed by atoms with Gasteiger partial charge in [-0.15, -0.1) is 0 Å². The van der Waals surface area contributed by atoms with Crippen molar-refractivity contribution in [3.8, 4) is 0 Å². The Kier molecular flexibility index (Phi) is 21.8. The number of carbonyl (C=O) groups excluding carboxylic acids is 3. The van der Waals surface area contributed by atoms with Crippen LogP contribution in [-0.4, -0.2) is 121 Å². The molecule has 2 aromatic heterocycles. The predicted octanol–water partition coefficient (Wildman–Crippen LogP) is 8.94. The van der Waals surface area contributed by atoms with Crippen molar-refractivity contribution in [1.29, 1.82) is 0 Å². The zero-order valence-electron chi connectivity index (χ0n) is 42.4. The number of ether oxygens (including phenoxy) is 1. The molecule has 0 aliphatic carbocycles. The van der Waals surface area contributed by atoms with E-state index < -0.39 is 43.4 Å². The normalized spacial score (nSPS) is 13.3. The molecule has 70 heavy (non-hydrogen) atoms. The number of benzene rings is 4. The van der Waals surface area contributed by atoms with Crippen LogP contribution in [0.3, 0.4) is 0 Å². The standard InChI is InChI=1S/C28H36N4O4.C23H28N4O2.C3H9ClSi/c1-19(2)17-32(26(34)24-16-29-21-13-9-10-14-22(21)30-24)18-25(33)23(15-20-11-7-6-8-12-20)31-27(35)36-28(3,4)5;1-16(2)14-27(15-22(28)18(24)12-17-8-4-3-5-9-17)23(29)21-13-25-19-10-6-7-11-20(19)26-21;1-5(2,3)4/h6-14,16,19,23,25,33H,15,17-18H2,1-5H3,(H,31,35);3-11,13,16,18,22,28H,12,14-15,24H2,1-2H3;1-3H3/t23-,25+;18-,22+;/m00./s1. The fourth-order valence-corrected chi connectivity index (χ4v) is 7.15. The Bertz CT molecular complexity index is 2550. The second-order valence-electron chi connectivity index (χ2n) is 20.2. The summed E-state index contributed by atoms with van der Waals surface area (Å²) in [6, 6.07) is 33.0. The van der Waals surface area contributed by atoms with E-state index >= 15 is 0 Å². The Hall–Kier alpha value is -5.84. The van der Waals surface area contributed by atoms with Crippen LogP contribution in [0.25, 0.3) is 22.1 Å². The first-order valence-electron chi connectivity index (χ1n) is 23.9. The minimum absolute atomic E-state index is 0.0127. The van der Waals surface area contributed by atoms with Gasteiger partial charge in [-0.3, -0.25) is 19.6 Å². The van der Waals surface area contributed by atoms with Gasteiger partial charge in [0.1, 0.15) is 24.4 Å². The first-order chi connectivity index (χ1) is 32.9. The highest BCUT2D eigenvalue weighted by Crippen LogP contribution is 2.17. The van der Waals surface area contributed by atoms with Crippen LogP contribution in [-0.2, 0) is 17.6 Å². The van der Waals surface area contributed by atoms with Crippen LogP contribution in [0.5, 0.6) is 0 Å². The number of halogens is 1. The van der Waals surface area contributed by atoms with Gasteiger partial charge < -0.3 is 35.8 Å². The summed E-state index contributed by atoms with van der Waals surface area (Å²) in [7, 11) is -1.14. The van der Waals surface area contributed by atoms with E-state index in [1.165, 1.54) is 12.4 Å².